The molecule has 196 valence electrons. The summed E-state index contributed by atoms with van der Waals surface area (Å²) in [5, 5.41) is 23.2. The number of imide groups is 1. The molecule has 10 nitrogen and oxygen atoms in total. The van der Waals surface area contributed by atoms with E-state index in [1.165, 1.54) is 16.1 Å². The standard InChI is InChI=1S/C26H20Cl2N8O2S/c1-33-25(38)36(20-7-18(27)6-19(28)8-20)24(37)26(33)14-34(12-23(26)17-4-2-16(10-29)3-5-17)11-22-9-21(13-39-22)35-15-30-31-32-35/h2-9,13,15,23H,11-12,14H2,1H3/t23-,26-/m1/s1. The number of amides is 3. The number of thiophene rings is 1. The Balaban J connectivity index is 1.38. The van der Waals surface area contributed by atoms with E-state index in [0.717, 1.165) is 16.1 Å². The van der Waals surface area contributed by atoms with Crippen LogP contribution in [0.15, 0.2) is 60.2 Å². The van der Waals surface area contributed by atoms with Gasteiger partial charge < -0.3 is 4.90 Å². The number of carbonyl (C=O) groups is 2. The van der Waals surface area contributed by atoms with Gasteiger partial charge in [-0.15, -0.1) is 16.4 Å². The van der Waals surface area contributed by atoms with E-state index in [-0.39, 0.29) is 11.8 Å². The molecule has 0 bridgehead atoms. The van der Waals surface area contributed by atoms with E-state index in [9.17, 15) is 14.9 Å². The molecule has 39 heavy (non-hydrogen) atoms. The van der Waals surface area contributed by atoms with Gasteiger partial charge in [0.05, 0.1) is 23.0 Å². The number of hydrogen-bond acceptors (Lipinski definition) is 8. The van der Waals surface area contributed by atoms with Gasteiger partial charge in [0, 0.05) is 52.9 Å². The number of tetrazole rings is 1. The number of likely N-dealkylation sites (tertiary alicyclic amines) is 1. The molecule has 2 aliphatic rings. The number of benzene rings is 2. The first-order valence-corrected chi connectivity index (χ1v) is 13.6. The molecule has 4 heterocycles. The molecule has 2 saturated heterocycles. The van der Waals surface area contributed by atoms with Crippen molar-refractivity contribution in [3.8, 4) is 11.8 Å². The Morgan fingerprint density at radius 1 is 1.10 bits per heavy atom. The molecule has 0 saturated carbocycles. The maximum Gasteiger partial charge on any atom is 0.332 e. The number of likely N-dealkylation sites (N-methyl/N-ethyl adjacent to an activating group) is 1. The number of nitrogens with zero attached hydrogens (tertiary/aromatic N) is 8. The molecule has 6 rings (SSSR count). The fourth-order valence-corrected chi connectivity index (χ4v) is 6.89. The van der Waals surface area contributed by atoms with Gasteiger partial charge in [0.1, 0.15) is 11.9 Å². The molecule has 13 heteroatoms. The summed E-state index contributed by atoms with van der Waals surface area (Å²) in [6.45, 7) is 1.42. The molecule has 2 fully saturated rings. The van der Waals surface area contributed by atoms with Gasteiger partial charge in [-0.25, -0.2) is 9.69 Å². The quantitative estimate of drug-likeness (QED) is 0.324. The van der Waals surface area contributed by atoms with Crippen LogP contribution in [0.2, 0.25) is 10.0 Å². The Kier molecular flexibility index (Phi) is 6.35. The molecule has 0 radical (unpaired) electrons. The zero-order chi connectivity index (χ0) is 27.3. The molecule has 0 aliphatic carbocycles. The highest BCUT2D eigenvalue weighted by molar-refractivity contribution is 7.10. The minimum absolute atomic E-state index is 0.321. The molecule has 3 amide bonds. The van der Waals surface area contributed by atoms with Gasteiger partial charge in [-0.3, -0.25) is 9.69 Å². The summed E-state index contributed by atoms with van der Waals surface area (Å²) >= 11 is 14.0. The van der Waals surface area contributed by atoms with Crippen molar-refractivity contribution in [2.75, 3.05) is 25.0 Å². The average molecular weight is 579 g/mol. The summed E-state index contributed by atoms with van der Waals surface area (Å²) in [5.74, 6) is -0.684. The van der Waals surface area contributed by atoms with Gasteiger partial charge in [0.15, 0.2) is 0 Å². The van der Waals surface area contributed by atoms with Crippen LogP contribution in [0.5, 0.6) is 0 Å². The molecule has 1 spiro atoms. The molecule has 0 unspecified atom stereocenters. The van der Waals surface area contributed by atoms with Crippen LogP contribution < -0.4 is 4.90 Å². The first-order valence-electron chi connectivity index (χ1n) is 11.9. The number of hydrogen-bond donors (Lipinski definition) is 0. The summed E-state index contributed by atoms with van der Waals surface area (Å²) in [5.41, 5.74) is 1.40. The lowest BCUT2D eigenvalue weighted by molar-refractivity contribution is -0.124. The molecule has 4 aromatic rings. The van der Waals surface area contributed by atoms with Gasteiger partial charge in [0.2, 0.25) is 0 Å². The van der Waals surface area contributed by atoms with Crippen molar-refractivity contribution in [2.45, 2.75) is 18.0 Å². The third kappa shape index (κ3) is 4.26. The maximum atomic E-state index is 14.3. The number of aromatic nitrogens is 4. The minimum Gasteiger partial charge on any atom is -0.310 e. The monoisotopic (exact) mass is 578 g/mol. The second-order valence-corrected chi connectivity index (χ2v) is 11.4. The van der Waals surface area contributed by atoms with Gasteiger partial charge in [-0.2, -0.15) is 9.94 Å². The van der Waals surface area contributed by atoms with E-state index in [4.69, 9.17) is 23.2 Å². The van der Waals surface area contributed by atoms with Crippen LogP contribution in [-0.4, -0.2) is 67.6 Å². The number of rotatable bonds is 5. The van der Waals surface area contributed by atoms with Gasteiger partial charge >= 0.3 is 6.03 Å². The lowest BCUT2D eigenvalue weighted by Crippen LogP contribution is -2.53. The van der Waals surface area contributed by atoms with E-state index >= 15 is 0 Å². The van der Waals surface area contributed by atoms with Crippen LogP contribution in [0.25, 0.3) is 5.69 Å². The molecular weight excluding hydrogens is 559 g/mol. The van der Waals surface area contributed by atoms with Crippen molar-refractivity contribution in [1.29, 1.82) is 5.26 Å². The Bertz CT molecular complexity index is 1600. The van der Waals surface area contributed by atoms with Crippen LogP contribution >= 0.6 is 34.5 Å². The van der Waals surface area contributed by atoms with E-state index in [2.05, 4.69) is 26.5 Å². The number of urea groups is 1. The summed E-state index contributed by atoms with van der Waals surface area (Å²) < 4.78 is 1.59. The molecule has 2 aromatic carbocycles. The smallest absolute Gasteiger partial charge is 0.310 e. The first-order chi connectivity index (χ1) is 18.8. The van der Waals surface area contributed by atoms with Gasteiger partial charge in [-0.1, -0.05) is 35.3 Å². The zero-order valence-corrected chi connectivity index (χ0v) is 22.9. The first kappa shape index (κ1) is 25.5. The Hall–Kier alpha value is -3.82. The molecule has 2 aromatic heterocycles. The second kappa shape index (κ2) is 9.73. The number of halogens is 2. The van der Waals surface area contributed by atoms with Crippen LogP contribution in [-0.2, 0) is 11.3 Å². The van der Waals surface area contributed by atoms with Crippen molar-refractivity contribution in [3.05, 3.63) is 86.3 Å². The van der Waals surface area contributed by atoms with E-state index in [1.807, 2.05) is 23.6 Å². The Morgan fingerprint density at radius 3 is 2.51 bits per heavy atom. The summed E-state index contributed by atoms with van der Waals surface area (Å²) in [6, 6.07) is 15.6. The number of carbonyl (C=O) groups excluding carboxylic acids is 2. The predicted molar refractivity (Wildman–Crippen MR) is 146 cm³/mol. The van der Waals surface area contributed by atoms with E-state index in [1.54, 1.807) is 53.4 Å². The van der Waals surface area contributed by atoms with Crippen LogP contribution in [0.3, 0.4) is 0 Å². The highest BCUT2D eigenvalue weighted by Gasteiger charge is 2.64. The van der Waals surface area contributed by atoms with Crippen LogP contribution in [0, 0.1) is 11.3 Å². The molecular formula is C26H20Cl2N8O2S. The lowest BCUT2D eigenvalue weighted by Gasteiger charge is -2.34. The minimum atomic E-state index is -1.17. The van der Waals surface area contributed by atoms with E-state index in [0.29, 0.717) is 40.9 Å². The number of anilines is 1. The van der Waals surface area contributed by atoms with Crippen molar-refractivity contribution >= 4 is 52.2 Å². The SMILES string of the molecule is CN1C(=O)N(c2cc(Cl)cc(Cl)c2)C(=O)[C@]12CN(Cc1cc(-n3cnnn3)cs1)C[C@@H]2c1ccc(C#N)cc1. The van der Waals surface area contributed by atoms with E-state index < -0.39 is 11.6 Å². The predicted octanol–water partition coefficient (Wildman–Crippen LogP) is 4.34. The van der Waals surface area contributed by atoms with Gasteiger partial charge in [-0.05, 0) is 52.4 Å². The van der Waals surface area contributed by atoms with Crippen LogP contribution in [0.4, 0.5) is 10.5 Å². The molecule has 0 N–H and O–H groups in total. The zero-order valence-electron chi connectivity index (χ0n) is 20.5. The highest BCUT2D eigenvalue weighted by Crippen LogP contribution is 2.47. The molecule has 2 aliphatic heterocycles. The van der Waals surface area contributed by atoms with Crippen LogP contribution in [0.1, 0.15) is 21.9 Å². The number of nitriles is 1. The van der Waals surface area contributed by atoms with Gasteiger partial charge in [0.25, 0.3) is 5.91 Å². The largest absolute Gasteiger partial charge is 0.332 e. The normalized spacial score (nSPS) is 21.3. The topological polar surface area (TPSA) is 111 Å². The summed E-state index contributed by atoms with van der Waals surface area (Å²) in [6.07, 6.45) is 1.53. The summed E-state index contributed by atoms with van der Waals surface area (Å²) in [7, 11) is 1.66. The second-order valence-electron chi connectivity index (χ2n) is 9.52. The highest BCUT2D eigenvalue weighted by atomic mass is 35.5. The fraction of sp³-hybridized carbons (Fsp3) is 0.231. The lowest BCUT2D eigenvalue weighted by atomic mass is 9.80. The third-order valence-electron chi connectivity index (χ3n) is 7.31. The maximum absolute atomic E-state index is 14.3. The fourth-order valence-electron chi connectivity index (χ4n) is 5.49. The van der Waals surface area contributed by atoms with Crippen molar-refractivity contribution < 1.29 is 9.59 Å². The van der Waals surface area contributed by atoms with Crippen molar-refractivity contribution in [1.82, 2.24) is 30.0 Å². The Morgan fingerprint density at radius 2 is 1.85 bits per heavy atom. The molecule has 2 atom stereocenters. The average Bonchev–Trinajstić information content (AvgIpc) is 3.70. The third-order valence-corrected chi connectivity index (χ3v) is 8.66. The summed E-state index contributed by atoms with van der Waals surface area (Å²) in [4.78, 5) is 33.9. The van der Waals surface area contributed by atoms with Crippen molar-refractivity contribution in [2.24, 2.45) is 0 Å². The van der Waals surface area contributed by atoms with Crippen molar-refractivity contribution in [3.63, 3.8) is 0 Å². The Labute approximate surface area is 237 Å².